The van der Waals surface area contributed by atoms with Crippen LogP contribution in [0.25, 0.3) is 0 Å². The first-order chi connectivity index (χ1) is 9.22. The Morgan fingerprint density at radius 2 is 2.05 bits per heavy atom. The molecule has 0 aliphatic carbocycles. The maximum Gasteiger partial charge on any atom is 0.128 e. The predicted octanol–water partition coefficient (Wildman–Crippen LogP) is 2.99. The van der Waals surface area contributed by atoms with Crippen LogP contribution in [0.2, 0.25) is 0 Å². The maximum absolute atomic E-state index is 5.98. The quantitative estimate of drug-likeness (QED) is 0.886. The van der Waals surface area contributed by atoms with Crippen LogP contribution in [-0.2, 0) is 6.42 Å². The van der Waals surface area contributed by atoms with E-state index in [-0.39, 0.29) is 6.04 Å². The third-order valence-electron chi connectivity index (χ3n) is 4.35. The van der Waals surface area contributed by atoms with Gasteiger partial charge in [0.2, 0.25) is 0 Å². The van der Waals surface area contributed by atoms with E-state index in [0.717, 1.165) is 37.7 Å². The summed E-state index contributed by atoms with van der Waals surface area (Å²) in [6.45, 7) is 6.73. The minimum atomic E-state index is 0.257. The van der Waals surface area contributed by atoms with Crippen LogP contribution < -0.4 is 10.6 Å². The molecule has 2 rings (SSSR count). The van der Waals surface area contributed by atoms with Gasteiger partial charge in [0.1, 0.15) is 5.82 Å². The topological polar surface area (TPSA) is 42.1 Å². The fourth-order valence-corrected chi connectivity index (χ4v) is 2.74. The second kappa shape index (κ2) is 6.90. The second-order valence-corrected chi connectivity index (χ2v) is 5.74. The van der Waals surface area contributed by atoms with Gasteiger partial charge >= 0.3 is 0 Å². The molecule has 1 aliphatic rings. The van der Waals surface area contributed by atoms with Crippen molar-refractivity contribution in [2.75, 3.05) is 18.0 Å². The maximum atomic E-state index is 5.98. The van der Waals surface area contributed by atoms with E-state index in [9.17, 15) is 0 Å². The lowest BCUT2D eigenvalue weighted by molar-refractivity contribution is 0.394. The normalized spacial score (nSPS) is 18.6. The molecule has 0 aromatic carbocycles. The molecule has 1 unspecified atom stereocenters. The zero-order chi connectivity index (χ0) is 13.7. The van der Waals surface area contributed by atoms with Crippen LogP contribution in [0.1, 0.15) is 45.1 Å². The minimum absolute atomic E-state index is 0.257. The summed E-state index contributed by atoms with van der Waals surface area (Å²) in [5.74, 6) is 2.04. The van der Waals surface area contributed by atoms with Crippen molar-refractivity contribution in [3.05, 3.63) is 23.9 Å². The number of hydrogen-bond donors (Lipinski definition) is 1. The molecule has 0 saturated carbocycles. The van der Waals surface area contributed by atoms with Gasteiger partial charge in [0.15, 0.2) is 0 Å². The van der Waals surface area contributed by atoms with E-state index in [2.05, 4.69) is 35.9 Å². The molecule has 19 heavy (non-hydrogen) atoms. The number of pyridine rings is 1. The Bertz CT molecular complexity index is 366. The van der Waals surface area contributed by atoms with Crippen molar-refractivity contribution in [1.29, 1.82) is 0 Å². The summed E-state index contributed by atoms with van der Waals surface area (Å²) >= 11 is 0. The van der Waals surface area contributed by atoms with Gasteiger partial charge in [0.05, 0.1) is 0 Å². The van der Waals surface area contributed by atoms with Gasteiger partial charge in [-0.15, -0.1) is 0 Å². The zero-order valence-corrected chi connectivity index (χ0v) is 12.3. The number of piperidine rings is 1. The highest BCUT2D eigenvalue weighted by atomic mass is 15.2. The van der Waals surface area contributed by atoms with Crippen LogP contribution in [0.3, 0.4) is 0 Å². The molecule has 2 heterocycles. The highest BCUT2D eigenvalue weighted by Gasteiger charge is 2.18. The monoisotopic (exact) mass is 261 g/mol. The van der Waals surface area contributed by atoms with E-state index in [1.807, 2.05) is 6.20 Å². The number of nitrogens with zero attached hydrogens (tertiary/aromatic N) is 2. The van der Waals surface area contributed by atoms with Gasteiger partial charge in [0, 0.05) is 25.3 Å². The first-order valence-corrected chi connectivity index (χ1v) is 7.68. The van der Waals surface area contributed by atoms with Crippen molar-refractivity contribution in [1.82, 2.24) is 4.98 Å². The first-order valence-electron chi connectivity index (χ1n) is 7.68. The van der Waals surface area contributed by atoms with Gasteiger partial charge < -0.3 is 10.6 Å². The Morgan fingerprint density at radius 3 is 2.58 bits per heavy atom. The van der Waals surface area contributed by atoms with Crippen molar-refractivity contribution in [2.24, 2.45) is 11.7 Å². The number of aromatic nitrogens is 1. The van der Waals surface area contributed by atoms with Crippen molar-refractivity contribution >= 4 is 5.82 Å². The van der Waals surface area contributed by atoms with Gasteiger partial charge in [-0.05, 0) is 43.2 Å². The van der Waals surface area contributed by atoms with E-state index in [0.29, 0.717) is 0 Å². The molecular formula is C16H27N3. The number of hydrogen-bond acceptors (Lipinski definition) is 3. The molecule has 0 amide bonds. The molecule has 1 fully saturated rings. The Kier molecular flexibility index (Phi) is 5.20. The SMILES string of the molecule is CCC(N)Cc1ccc(N2CCC(CC)CC2)nc1. The van der Waals surface area contributed by atoms with E-state index in [1.165, 1.54) is 24.8 Å². The van der Waals surface area contributed by atoms with Crippen LogP contribution >= 0.6 is 0 Å². The summed E-state index contributed by atoms with van der Waals surface area (Å²) in [4.78, 5) is 7.02. The minimum Gasteiger partial charge on any atom is -0.357 e. The summed E-state index contributed by atoms with van der Waals surface area (Å²) in [5, 5.41) is 0. The molecular weight excluding hydrogens is 234 g/mol. The number of anilines is 1. The molecule has 0 bridgehead atoms. The standard InChI is InChI=1S/C16H27N3/c1-3-13-7-9-19(10-8-13)16-6-5-14(12-18-16)11-15(17)4-2/h5-6,12-13,15H,3-4,7-11,17H2,1-2H3. The molecule has 106 valence electrons. The molecule has 1 saturated heterocycles. The van der Waals surface area contributed by atoms with Crippen molar-refractivity contribution in [2.45, 2.75) is 52.0 Å². The van der Waals surface area contributed by atoms with Crippen molar-refractivity contribution < 1.29 is 0 Å². The van der Waals surface area contributed by atoms with E-state index < -0.39 is 0 Å². The van der Waals surface area contributed by atoms with Gasteiger partial charge in [0.25, 0.3) is 0 Å². The highest BCUT2D eigenvalue weighted by Crippen LogP contribution is 2.23. The summed E-state index contributed by atoms with van der Waals surface area (Å²) < 4.78 is 0. The smallest absolute Gasteiger partial charge is 0.128 e. The van der Waals surface area contributed by atoms with Crippen LogP contribution in [0.5, 0.6) is 0 Å². The molecule has 1 aliphatic heterocycles. The number of nitrogens with two attached hydrogens (primary N) is 1. The summed E-state index contributed by atoms with van der Waals surface area (Å²) in [6, 6.07) is 4.60. The molecule has 0 spiro atoms. The second-order valence-electron chi connectivity index (χ2n) is 5.74. The molecule has 1 aromatic rings. The van der Waals surface area contributed by atoms with Crippen LogP contribution in [0, 0.1) is 5.92 Å². The Hall–Kier alpha value is -1.09. The fourth-order valence-electron chi connectivity index (χ4n) is 2.74. The molecule has 1 atom stereocenters. The van der Waals surface area contributed by atoms with Gasteiger partial charge in [-0.25, -0.2) is 4.98 Å². The Labute approximate surface area is 117 Å². The molecule has 1 aromatic heterocycles. The fraction of sp³-hybridized carbons (Fsp3) is 0.688. The van der Waals surface area contributed by atoms with E-state index in [1.54, 1.807) is 0 Å². The average molecular weight is 261 g/mol. The van der Waals surface area contributed by atoms with Gasteiger partial charge in [-0.3, -0.25) is 0 Å². The lowest BCUT2D eigenvalue weighted by Crippen LogP contribution is -2.34. The van der Waals surface area contributed by atoms with Gasteiger partial charge in [-0.2, -0.15) is 0 Å². The molecule has 3 nitrogen and oxygen atoms in total. The van der Waals surface area contributed by atoms with Crippen molar-refractivity contribution in [3.63, 3.8) is 0 Å². The van der Waals surface area contributed by atoms with E-state index >= 15 is 0 Å². The summed E-state index contributed by atoms with van der Waals surface area (Å²) in [7, 11) is 0. The molecule has 2 N–H and O–H groups in total. The predicted molar refractivity (Wildman–Crippen MR) is 81.4 cm³/mol. The first kappa shape index (κ1) is 14.3. The lowest BCUT2D eigenvalue weighted by Gasteiger charge is -2.32. The summed E-state index contributed by atoms with van der Waals surface area (Å²) in [5.41, 5.74) is 7.23. The third kappa shape index (κ3) is 3.93. The number of rotatable bonds is 5. The lowest BCUT2D eigenvalue weighted by atomic mass is 9.94. The Balaban J connectivity index is 1.91. The largest absolute Gasteiger partial charge is 0.357 e. The van der Waals surface area contributed by atoms with Crippen LogP contribution in [0.4, 0.5) is 5.82 Å². The van der Waals surface area contributed by atoms with Crippen LogP contribution in [-0.4, -0.2) is 24.1 Å². The van der Waals surface area contributed by atoms with E-state index in [4.69, 9.17) is 5.73 Å². The Morgan fingerprint density at radius 1 is 1.32 bits per heavy atom. The summed E-state index contributed by atoms with van der Waals surface area (Å²) in [6.07, 6.45) is 7.88. The molecule has 3 heteroatoms. The van der Waals surface area contributed by atoms with Gasteiger partial charge in [-0.1, -0.05) is 26.3 Å². The van der Waals surface area contributed by atoms with Crippen molar-refractivity contribution in [3.8, 4) is 0 Å². The molecule has 0 radical (unpaired) electrons. The highest BCUT2D eigenvalue weighted by molar-refractivity contribution is 5.39. The third-order valence-corrected chi connectivity index (χ3v) is 4.35. The zero-order valence-electron chi connectivity index (χ0n) is 12.3. The van der Waals surface area contributed by atoms with Crippen LogP contribution in [0.15, 0.2) is 18.3 Å². The average Bonchev–Trinajstić information content (AvgIpc) is 2.48.